The highest BCUT2D eigenvalue weighted by Crippen LogP contribution is 2.35. The van der Waals surface area contributed by atoms with Crippen molar-refractivity contribution in [3.05, 3.63) is 23.8 Å². The Bertz CT molecular complexity index is 295. The van der Waals surface area contributed by atoms with Gasteiger partial charge in [0.1, 0.15) is 11.5 Å². The van der Waals surface area contributed by atoms with Crippen LogP contribution >= 0.6 is 0 Å². The fourth-order valence-electron chi connectivity index (χ4n) is 0.825. The topological polar surface area (TPSA) is 35.7 Å². The smallest absolute Gasteiger partial charge is 0.272 e. The molecule has 0 aliphatic heterocycles. The number of rotatable bonds is 2. The highest BCUT2D eigenvalue weighted by molar-refractivity contribution is 5.65. The van der Waals surface area contributed by atoms with E-state index in [9.17, 15) is 0 Å². The van der Waals surface area contributed by atoms with E-state index in [2.05, 4.69) is 9.83 Å². The third kappa shape index (κ3) is 1.30. The highest BCUT2D eigenvalue weighted by Gasteiger charge is 2.09. The molecule has 0 amide bonds. The molecule has 62 valence electrons. The van der Waals surface area contributed by atoms with Crippen LogP contribution < -0.4 is 9.47 Å². The molecule has 0 atom stereocenters. The van der Waals surface area contributed by atoms with Crippen molar-refractivity contribution in [2.24, 2.45) is 0 Å². The van der Waals surface area contributed by atoms with Crippen molar-refractivity contribution >= 4 is 5.69 Å². The van der Waals surface area contributed by atoms with Crippen molar-refractivity contribution in [2.45, 2.75) is 0 Å². The van der Waals surface area contributed by atoms with Crippen molar-refractivity contribution in [2.75, 3.05) is 14.2 Å². The largest absolute Gasteiger partial charge is 0.506 e. The zero-order valence-electron chi connectivity index (χ0n) is 6.87. The summed E-state index contributed by atoms with van der Waals surface area (Å²) in [5.41, 5.74) is 0.356. The van der Waals surface area contributed by atoms with E-state index in [0.717, 1.165) is 0 Å². The molecule has 0 aliphatic rings. The zero-order valence-corrected chi connectivity index (χ0v) is 6.87. The molecule has 0 spiro atoms. The molecule has 0 fully saturated rings. The summed E-state index contributed by atoms with van der Waals surface area (Å²) in [7, 11) is 2.98. The lowest BCUT2D eigenvalue weighted by molar-refractivity contribution is 0.396. The molecule has 0 unspecified atom stereocenters. The SMILES string of the molecule is [C-]#[N+]c1c(OC)cncc1OC. The second kappa shape index (κ2) is 3.58. The molecule has 4 heteroatoms. The van der Waals surface area contributed by atoms with Crippen molar-refractivity contribution in [3.8, 4) is 11.5 Å². The minimum Gasteiger partial charge on any atom is -0.506 e. The Morgan fingerprint density at radius 2 is 1.75 bits per heavy atom. The molecule has 0 aromatic carbocycles. The maximum absolute atomic E-state index is 6.87. The predicted octanol–water partition coefficient (Wildman–Crippen LogP) is 1.65. The quantitative estimate of drug-likeness (QED) is 0.623. The lowest BCUT2D eigenvalue weighted by atomic mass is 10.3. The Morgan fingerprint density at radius 1 is 1.25 bits per heavy atom. The van der Waals surface area contributed by atoms with Crippen molar-refractivity contribution < 1.29 is 9.47 Å². The summed E-state index contributed by atoms with van der Waals surface area (Å²) >= 11 is 0. The van der Waals surface area contributed by atoms with E-state index in [1.807, 2.05) is 0 Å². The van der Waals surface area contributed by atoms with Crippen LogP contribution in [0.5, 0.6) is 11.5 Å². The van der Waals surface area contributed by atoms with Gasteiger partial charge in [0.2, 0.25) is 0 Å². The van der Waals surface area contributed by atoms with Gasteiger partial charge in [-0.15, -0.1) is 0 Å². The molecule has 4 nitrogen and oxygen atoms in total. The molecule has 12 heavy (non-hydrogen) atoms. The van der Waals surface area contributed by atoms with Gasteiger partial charge in [0, 0.05) is 0 Å². The summed E-state index contributed by atoms with van der Waals surface area (Å²) in [4.78, 5) is 7.11. The minimum atomic E-state index is 0.356. The molecule has 0 saturated heterocycles. The molecular formula is C8H8N2O2. The summed E-state index contributed by atoms with van der Waals surface area (Å²) < 4.78 is 9.84. The number of ether oxygens (including phenoxy) is 2. The van der Waals surface area contributed by atoms with Crippen LogP contribution in [-0.4, -0.2) is 19.2 Å². The monoisotopic (exact) mass is 164 g/mol. The van der Waals surface area contributed by atoms with Gasteiger partial charge in [0.25, 0.3) is 5.69 Å². The van der Waals surface area contributed by atoms with Crippen LogP contribution in [0.1, 0.15) is 0 Å². The standard InChI is InChI=1S/C8H8N2O2/c1-9-8-6(11-2)4-10-5-7(8)12-3/h4-5H,2-3H3. The van der Waals surface area contributed by atoms with Crippen LogP contribution in [0.15, 0.2) is 12.4 Å². The Balaban J connectivity index is 3.25. The molecule has 0 radical (unpaired) electrons. The van der Waals surface area contributed by atoms with Gasteiger partial charge < -0.3 is 9.47 Å². The molecule has 1 heterocycles. The van der Waals surface area contributed by atoms with Crippen LogP contribution in [0.3, 0.4) is 0 Å². The van der Waals surface area contributed by atoms with E-state index in [-0.39, 0.29) is 0 Å². The average Bonchev–Trinajstić information content (AvgIpc) is 2.16. The molecule has 0 aliphatic carbocycles. The molecular weight excluding hydrogens is 156 g/mol. The summed E-state index contributed by atoms with van der Waals surface area (Å²) in [5, 5.41) is 0. The van der Waals surface area contributed by atoms with Gasteiger partial charge in [0.05, 0.1) is 33.2 Å². The fraction of sp³-hybridized carbons (Fsp3) is 0.250. The van der Waals surface area contributed by atoms with Gasteiger partial charge in [-0.2, -0.15) is 0 Å². The van der Waals surface area contributed by atoms with Gasteiger partial charge in [-0.1, -0.05) is 0 Å². The van der Waals surface area contributed by atoms with Crippen LogP contribution in [0.25, 0.3) is 4.85 Å². The number of nitrogens with zero attached hydrogens (tertiary/aromatic N) is 2. The molecule has 0 bridgehead atoms. The predicted molar refractivity (Wildman–Crippen MR) is 43.6 cm³/mol. The maximum atomic E-state index is 6.87. The van der Waals surface area contributed by atoms with E-state index >= 15 is 0 Å². The van der Waals surface area contributed by atoms with Crippen LogP contribution in [-0.2, 0) is 0 Å². The molecule has 1 aromatic rings. The molecule has 1 rings (SSSR count). The lowest BCUT2D eigenvalue weighted by Crippen LogP contribution is -1.88. The lowest BCUT2D eigenvalue weighted by Gasteiger charge is -2.05. The first-order valence-corrected chi connectivity index (χ1v) is 3.27. The maximum Gasteiger partial charge on any atom is 0.272 e. The Labute approximate surface area is 70.6 Å². The number of hydrogen-bond acceptors (Lipinski definition) is 3. The Hall–Kier alpha value is -1.76. The van der Waals surface area contributed by atoms with Crippen molar-refractivity contribution in [1.82, 2.24) is 4.98 Å². The first-order valence-electron chi connectivity index (χ1n) is 3.27. The normalized spacial score (nSPS) is 8.75. The van der Waals surface area contributed by atoms with Crippen molar-refractivity contribution in [1.29, 1.82) is 0 Å². The van der Waals surface area contributed by atoms with Gasteiger partial charge in [-0.05, 0) is 0 Å². The van der Waals surface area contributed by atoms with Gasteiger partial charge in [0.15, 0.2) is 0 Å². The first kappa shape index (κ1) is 8.34. The molecule has 1 aromatic heterocycles. The number of pyridine rings is 1. The fourth-order valence-corrected chi connectivity index (χ4v) is 0.825. The number of aromatic nitrogens is 1. The summed E-state index contributed by atoms with van der Waals surface area (Å²) in [6, 6.07) is 0. The van der Waals surface area contributed by atoms with Crippen LogP contribution in [0.2, 0.25) is 0 Å². The first-order chi connectivity index (χ1) is 5.83. The number of hydrogen-bond donors (Lipinski definition) is 0. The van der Waals surface area contributed by atoms with Gasteiger partial charge in [-0.3, -0.25) is 4.98 Å². The third-order valence-electron chi connectivity index (χ3n) is 1.40. The summed E-state index contributed by atoms with van der Waals surface area (Å²) in [5.74, 6) is 0.869. The van der Waals surface area contributed by atoms with Gasteiger partial charge >= 0.3 is 0 Å². The Morgan fingerprint density at radius 3 is 2.08 bits per heavy atom. The third-order valence-corrected chi connectivity index (χ3v) is 1.40. The van der Waals surface area contributed by atoms with E-state index in [1.54, 1.807) is 0 Å². The van der Waals surface area contributed by atoms with Crippen LogP contribution in [0.4, 0.5) is 5.69 Å². The molecule has 0 saturated carbocycles. The summed E-state index contributed by atoms with van der Waals surface area (Å²) in [6.07, 6.45) is 2.96. The second-order valence-corrected chi connectivity index (χ2v) is 2.00. The van der Waals surface area contributed by atoms with E-state index in [0.29, 0.717) is 17.2 Å². The Kier molecular flexibility index (Phi) is 2.49. The average molecular weight is 164 g/mol. The minimum absolute atomic E-state index is 0.356. The number of methoxy groups -OCH3 is 2. The zero-order chi connectivity index (χ0) is 8.97. The van der Waals surface area contributed by atoms with Crippen molar-refractivity contribution in [3.63, 3.8) is 0 Å². The van der Waals surface area contributed by atoms with E-state index in [4.69, 9.17) is 16.0 Å². The van der Waals surface area contributed by atoms with Crippen LogP contribution in [0, 0.1) is 6.57 Å². The summed E-state index contributed by atoms with van der Waals surface area (Å²) in [6.45, 7) is 6.87. The van der Waals surface area contributed by atoms with Gasteiger partial charge in [-0.25, -0.2) is 4.85 Å². The molecule has 0 N–H and O–H groups in total. The highest BCUT2D eigenvalue weighted by atomic mass is 16.5. The second-order valence-electron chi connectivity index (χ2n) is 2.00. The van der Waals surface area contributed by atoms with E-state index < -0.39 is 0 Å². The van der Waals surface area contributed by atoms with E-state index in [1.165, 1.54) is 26.6 Å².